The summed E-state index contributed by atoms with van der Waals surface area (Å²) in [6.45, 7) is 2.57. The van der Waals surface area contributed by atoms with E-state index in [1.54, 1.807) is 30.8 Å². The third-order valence-corrected chi connectivity index (χ3v) is 6.82. The second kappa shape index (κ2) is 6.32. The Balaban J connectivity index is 2.23. The highest BCUT2D eigenvalue weighted by Gasteiger charge is 2.33. The summed E-state index contributed by atoms with van der Waals surface area (Å²) in [6, 6.07) is 4.85. The van der Waals surface area contributed by atoms with E-state index in [1.807, 2.05) is 4.90 Å². The molecular formula is C13H19FN2O2S2. The van der Waals surface area contributed by atoms with E-state index < -0.39 is 21.0 Å². The molecule has 7 heteroatoms. The molecule has 1 fully saturated rings. The van der Waals surface area contributed by atoms with Crippen molar-refractivity contribution in [2.45, 2.75) is 18.8 Å². The van der Waals surface area contributed by atoms with Gasteiger partial charge in [-0.25, -0.2) is 12.8 Å². The number of benzene rings is 1. The van der Waals surface area contributed by atoms with E-state index in [4.69, 9.17) is 5.73 Å². The van der Waals surface area contributed by atoms with Gasteiger partial charge < -0.3 is 5.73 Å². The van der Waals surface area contributed by atoms with Crippen LogP contribution in [0, 0.1) is 5.82 Å². The van der Waals surface area contributed by atoms with Gasteiger partial charge in [-0.2, -0.15) is 11.8 Å². The normalized spacial score (nSPS) is 21.0. The lowest BCUT2D eigenvalue weighted by Crippen LogP contribution is -2.47. The summed E-state index contributed by atoms with van der Waals surface area (Å²) in [5, 5.41) is -0.535. The summed E-state index contributed by atoms with van der Waals surface area (Å²) in [4.78, 5) is 1.84. The Kier molecular flexibility index (Phi) is 4.93. The van der Waals surface area contributed by atoms with Gasteiger partial charge in [-0.3, -0.25) is 4.90 Å². The fourth-order valence-electron chi connectivity index (χ4n) is 2.26. The number of hydrogen-bond acceptors (Lipinski definition) is 5. The molecule has 0 aliphatic carbocycles. The molecular weight excluding hydrogens is 299 g/mol. The maximum atomic E-state index is 14.0. The van der Waals surface area contributed by atoms with Gasteiger partial charge in [0.25, 0.3) is 0 Å². The molecule has 1 heterocycles. The molecule has 4 nitrogen and oxygen atoms in total. The number of thioether (sulfide) groups is 1. The number of nitrogens with two attached hydrogens (primary N) is 1. The van der Waals surface area contributed by atoms with Crippen LogP contribution in [0.25, 0.3) is 0 Å². The quantitative estimate of drug-likeness (QED) is 0.857. The van der Waals surface area contributed by atoms with Crippen LogP contribution in [-0.2, 0) is 16.4 Å². The summed E-state index contributed by atoms with van der Waals surface area (Å²) >= 11 is 1.63. The topological polar surface area (TPSA) is 63.4 Å². The van der Waals surface area contributed by atoms with Crippen LogP contribution in [0.2, 0.25) is 0 Å². The van der Waals surface area contributed by atoms with Crippen LogP contribution in [0.4, 0.5) is 10.1 Å². The van der Waals surface area contributed by atoms with Crippen LogP contribution < -0.4 is 5.73 Å². The summed E-state index contributed by atoms with van der Waals surface area (Å²) in [7, 11) is -3.16. The minimum absolute atomic E-state index is 0.101. The number of halogens is 1. The molecule has 1 aliphatic rings. The van der Waals surface area contributed by atoms with E-state index >= 15 is 0 Å². The zero-order chi connectivity index (χ0) is 14.8. The molecule has 1 unspecified atom stereocenters. The van der Waals surface area contributed by atoms with E-state index in [2.05, 4.69) is 0 Å². The van der Waals surface area contributed by atoms with Crippen molar-refractivity contribution >= 4 is 27.3 Å². The largest absolute Gasteiger partial charge is 0.396 e. The van der Waals surface area contributed by atoms with Crippen molar-refractivity contribution in [3.8, 4) is 0 Å². The van der Waals surface area contributed by atoms with Crippen molar-refractivity contribution in [3.05, 3.63) is 29.6 Å². The number of anilines is 1. The van der Waals surface area contributed by atoms with Crippen LogP contribution in [-0.4, -0.2) is 42.5 Å². The fraction of sp³-hybridized carbons (Fsp3) is 0.538. The summed E-state index contributed by atoms with van der Waals surface area (Å²) < 4.78 is 38.2. The molecule has 0 bridgehead atoms. The fourth-order valence-corrected chi connectivity index (χ4v) is 5.34. The van der Waals surface area contributed by atoms with Crippen molar-refractivity contribution < 1.29 is 12.8 Å². The number of nitrogen functional groups attached to an aromatic ring is 1. The van der Waals surface area contributed by atoms with Gasteiger partial charge >= 0.3 is 0 Å². The minimum atomic E-state index is -3.16. The Morgan fingerprint density at radius 1 is 1.50 bits per heavy atom. The van der Waals surface area contributed by atoms with Gasteiger partial charge in [0.1, 0.15) is 5.37 Å². The Hall–Kier alpha value is -0.790. The van der Waals surface area contributed by atoms with Crippen LogP contribution in [0.5, 0.6) is 0 Å². The molecule has 0 radical (unpaired) electrons. The Morgan fingerprint density at radius 2 is 2.25 bits per heavy atom. The van der Waals surface area contributed by atoms with Gasteiger partial charge in [-0.05, 0) is 6.07 Å². The second-order valence-corrected chi connectivity index (χ2v) is 8.37. The van der Waals surface area contributed by atoms with Crippen molar-refractivity contribution in [2.75, 3.05) is 29.5 Å². The van der Waals surface area contributed by atoms with Crippen LogP contribution in [0.3, 0.4) is 0 Å². The zero-order valence-corrected chi connectivity index (χ0v) is 13.0. The van der Waals surface area contributed by atoms with Crippen molar-refractivity contribution in [2.24, 2.45) is 0 Å². The van der Waals surface area contributed by atoms with Crippen LogP contribution >= 0.6 is 11.8 Å². The summed E-state index contributed by atoms with van der Waals surface area (Å²) in [6.07, 6.45) is 0. The average molecular weight is 318 g/mol. The Morgan fingerprint density at radius 3 is 2.95 bits per heavy atom. The van der Waals surface area contributed by atoms with Gasteiger partial charge in [0.2, 0.25) is 0 Å². The minimum Gasteiger partial charge on any atom is -0.396 e. The molecule has 20 heavy (non-hydrogen) atoms. The van der Waals surface area contributed by atoms with Gasteiger partial charge in [0.05, 0.1) is 5.69 Å². The highest BCUT2D eigenvalue weighted by molar-refractivity contribution is 8.01. The molecule has 1 atom stereocenters. The highest BCUT2D eigenvalue weighted by atomic mass is 32.2. The van der Waals surface area contributed by atoms with Gasteiger partial charge in [0.15, 0.2) is 15.7 Å². The molecule has 0 amide bonds. The van der Waals surface area contributed by atoms with Gasteiger partial charge in [-0.15, -0.1) is 0 Å². The SMILES string of the molecule is CCS(=O)(=O)C1CSCCN1Cc1cccc(N)c1F. The van der Waals surface area contributed by atoms with Crippen molar-refractivity contribution in [1.82, 2.24) is 4.90 Å². The van der Waals surface area contributed by atoms with Crippen LogP contribution in [0.1, 0.15) is 12.5 Å². The monoisotopic (exact) mass is 318 g/mol. The van der Waals surface area contributed by atoms with E-state index in [0.717, 1.165) is 5.75 Å². The molecule has 2 rings (SSSR count). The van der Waals surface area contributed by atoms with Crippen molar-refractivity contribution in [1.29, 1.82) is 0 Å². The first-order chi connectivity index (χ1) is 9.45. The summed E-state index contributed by atoms with van der Waals surface area (Å²) in [5.74, 6) is 1.06. The Labute approximate surface area is 123 Å². The maximum Gasteiger partial charge on any atom is 0.166 e. The van der Waals surface area contributed by atoms with Crippen molar-refractivity contribution in [3.63, 3.8) is 0 Å². The van der Waals surface area contributed by atoms with Gasteiger partial charge in [-0.1, -0.05) is 19.1 Å². The van der Waals surface area contributed by atoms with E-state index in [1.165, 1.54) is 6.07 Å². The molecule has 1 aromatic carbocycles. The first-order valence-corrected chi connectivity index (χ1v) is 9.39. The molecule has 112 valence electrons. The molecule has 1 aromatic rings. The number of nitrogens with zero attached hydrogens (tertiary/aromatic N) is 1. The number of rotatable bonds is 4. The standard InChI is InChI=1S/C13H19FN2O2S2/c1-2-20(17,18)12-9-19-7-6-16(12)8-10-4-3-5-11(15)13(10)14/h3-5,12H,2,6-9,15H2,1H3. The highest BCUT2D eigenvalue weighted by Crippen LogP contribution is 2.25. The predicted octanol–water partition coefficient (Wildman–Crippen LogP) is 1.72. The number of hydrogen-bond donors (Lipinski definition) is 1. The molecule has 0 aromatic heterocycles. The van der Waals surface area contributed by atoms with E-state index in [0.29, 0.717) is 17.9 Å². The third kappa shape index (κ3) is 3.27. The van der Waals surface area contributed by atoms with E-state index in [-0.39, 0.29) is 18.0 Å². The molecule has 0 saturated carbocycles. The van der Waals surface area contributed by atoms with Gasteiger partial charge in [0, 0.05) is 35.9 Å². The second-order valence-electron chi connectivity index (χ2n) is 4.77. The lowest BCUT2D eigenvalue weighted by molar-refractivity contribution is 0.258. The summed E-state index contributed by atoms with van der Waals surface area (Å²) in [5.41, 5.74) is 6.11. The lowest BCUT2D eigenvalue weighted by Gasteiger charge is -2.34. The van der Waals surface area contributed by atoms with Crippen LogP contribution in [0.15, 0.2) is 18.2 Å². The number of sulfone groups is 1. The third-order valence-electron chi connectivity index (χ3n) is 3.49. The molecule has 2 N–H and O–H groups in total. The first-order valence-electron chi connectivity index (χ1n) is 6.52. The smallest absolute Gasteiger partial charge is 0.166 e. The maximum absolute atomic E-state index is 14.0. The molecule has 1 aliphatic heterocycles. The van der Waals surface area contributed by atoms with E-state index in [9.17, 15) is 12.8 Å². The zero-order valence-electron chi connectivity index (χ0n) is 11.4. The molecule has 1 saturated heterocycles. The molecule has 0 spiro atoms. The average Bonchev–Trinajstić information content (AvgIpc) is 2.44. The first kappa shape index (κ1) is 15.6. The predicted molar refractivity (Wildman–Crippen MR) is 81.8 cm³/mol. The lowest BCUT2D eigenvalue weighted by atomic mass is 10.1. The Bertz CT molecular complexity index is 578.